The van der Waals surface area contributed by atoms with E-state index in [1.54, 1.807) is 0 Å². The van der Waals surface area contributed by atoms with Crippen LogP contribution in [0.4, 0.5) is 4.79 Å². The summed E-state index contributed by atoms with van der Waals surface area (Å²) in [7, 11) is 0. The van der Waals surface area contributed by atoms with E-state index in [1.165, 1.54) is 0 Å². The Morgan fingerprint density at radius 2 is 1.33 bits per heavy atom. The first-order chi connectivity index (χ1) is 23.2. The minimum absolute atomic E-state index is 0.0997. The van der Waals surface area contributed by atoms with E-state index < -0.39 is 91.4 Å². The zero-order valence-electron chi connectivity index (χ0n) is 27.1. The van der Waals surface area contributed by atoms with Crippen molar-refractivity contribution in [3.8, 4) is 11.1 Å². The Bertz CT molecular complexity index is 1570. The van der Waals surface area contributed by atoms with E-state index in [4.69, 9.17) is 23.7 Å². The molecular weight excluding hydrogens is 646 g/mol. The van der Waals surface area contributed by atoms with Gasteiger partial charge in [0, 0.05) is 33.6 Å². The number of ether oxygens (including phenoxy) is 5. The topological polar surface area (TPSA) is 222 Å². The summed E-state index contributed by atoms with van der Waals surface area (Å²) in [5.74, 6) is -5.83. The Morgan fingerprint density at radius 1 is 0.755 bits per heavy atom. The number of carboxylic acid groups (broad SMARTS) is 1. The zero-order chi connectivity index (χ0) is 35.8. The van der Waals surface area contributed by atoms with Crippen LogP contribution in [0.25, 0.3) is 11.1 Å². The van der Waals surface area contributed by atoms with Crippen LogP contribution in [0.3, 0.4) is 0 Å². The Morgan fingerprint density at radius 3 is 1.86 bits per heavy atom. The van der Waals surface area contributed by atoms with Crippen LogP contribution in [0.1, 0.15) is 51.2 Å². The van der Waals surface area contributed by atoms with Gasteiger partial charge in [-0.05, 0) is 22.3 Å². The lowest BCUT2D eigenvalue weighted by Crippen LogP contribution is -2.69. The predicted molar refractivity (Wildman–Crippen MR) is 166 cm³/mol. The summed E-state index contributed by atoms with van der Waals surface area (Å²) in [6.45, 7) is 3.77. The maximum Gasteiger partial charge on any atom is 0.407 e. The monoisotopic (exact) mass is 683 g/mol. The van der Waals surface area contributed by atoms with E-state index in [2.05, 4.69) is 16.0 Å². The zero-order valence-corrected chi connectivity index (χ0v) is 27.1. The number of nitrogens with one attached hydrogen (secondary N) is 3. The molecule has 2 aromatic carbocycles. The second-order valence-corrected chi connectivity index (χ2v) is 11.4. The van der Waals surface area contributed by atoms with Gasteiger partial charge in [0.1, 0.15) is 31.4 Å². The van der Waals surface area contributed by atoms with Gasteiger partial charge in [-0.25, -0.2) is 9.59 Å². The highest BCUT2D eigenvalue weighted by Gasteiger charge is 2.51. The third-order valence-corrected chi connectivity index (χ3v) is 7.74. The molecular formula is C33H37N3O13. The molecule has 0 radical (unpaired) electrons. The fraction of sp³-hybridized carbons (Fsp3) is 0.424. The third-order valence-electron chi connectivity index (χ3n) is 7.74. The molecule has 0 spiro atoms. The van der Waals surface area contributed by atoms with Gasteiger partial charge in [0.2, 0.25) is 11.8 Å². The Balaban J connectivity index is 1.46. The number of aliphatic carboxylic acids is 1. The smallest absolute Gasteiger partial charge is 0.407 e. The molecule has 2 aromatic rings. The lowest BCUT2D eigenvalue weighted by Gasteiger charge is -2.45. The third kappa shape index (κ3) is 9.31. The summed E-state index contributed by atoms with van der Waals surface area (Å²) in [4.78, 5) is 85.8. The van der Waals surface area contributed by atoms with Crippen molar-refractivity contribution < 1.29 is 62.4 Å². The van der Waals surface area contributed by atoms with Crippen LogP contribution >= 0.6 is 0 Å². The molecule has 2 aliphatic rings. The number of rotatable bonds is 12. The largest absolute Gasteiger partial charge is 0.480 e. The number of hydrogen-bond donors (Lipinski definition) is 4. The van der Waals surface area contributed by atoms with Crippen LogP contribution in [0, 0.1) is 0 Å². The van der Waals surface area contributed by atoms with Gasteiger partial charge in [0.05, 0.1) is 6.42 Å². The van der Waals surface area contributed by atoms with E-state index in [-0.39, 0.29) is 12.5 Å². The number of hydrogen-bond acceptors (Lipinski definition) is 12. The minimum Gasteiger partial charge on any atom is -0.480 e. The van der Waals surface area contributed by atoms with E-state index in [9.17, 15) is 38.7 Å². The molecule has 262 valence electrons. The van der Waals surface area contributed by atoms with Crippen molar-refractivity contribution in [3.63, 3.8) is 0 Å². The number of carbonyl (C=O) groups is 7. The normalized spacial score (nSPS) is 21.5. The second kappa shape index (κ2) is 16.1. The number of carboxylic acids is 1. The Labute approximate surface area is 280 Å². The fourth-order valence-electron chi connectivity index (χ4n) is 5.84. The van der Waals surface area contributed by atoms with Crippen molar-refractivity contribution in [1.29, 1.82) is 0 Å². The molecule has 1 saturated heterocycles. The number of esters is 3. The van der Waals surface area contributed by atoms with E-state index in [0.29, 0.717) is 0 Å². The highest BCUT2D eigenvalue weighted by molar-refractivity contribution is 5.87. The molecule has 4 N–H and O–H groups in total. The highest BCUT2D eigenvalue weighted by atomic mass is 16.6. The van der Waals surface area contributed by atoms with Crippen molar-refractivity contribution in [2.24, 2.45) is 0 Å². The molecule has 1 heterocycles. The molecule has 16 heteroatoms. The van der Waals surface area contributed by atoms with E-state index in [1.807, 2.05) is 48.5 Å². The van der Waals surface area contributed by atoms with Crippen molar-refractivity contribution in [1.82, 2.24) is 16.0 Å². The number of amides is 3. The molecule has 0 bridgehead atoms. The summed E-state index contributed by atoms with van der Waals surface area (Å²) in [6.07, 6.45) is -7.55. The Kier molecular flexibility index (Phi) is 11.9. The number of benzene rings is 2. The Hall–Kier alpha value is -5.51. The summed E-state index contributed by atoms with van der Waals surface area (Å²) >= 11 is 0. The van der Waals surface area contributed by atoms with Gasteiger partial charge in [0.25, 0.3) is 0 Å². The molecule has 1 aliphatic heterocycles. The number of alkyl carbamates (subject to hydrolysis) is 1. The van der Waals surface area contributed by atoms with Gasteiger partial charge in [-0.1, -0.05) is 48.5 Å². The van der Waals surface area contributed by atoms with Gasteiger partial charge >= 0.3 is 30.0 Å². The standard InChI is InChI=1S/C33H37N3O13/c1-16(37)34-28-30(48-19(4)40)29(47-18(3)39)26(15-45-17(2)38)49-31(28)36-27(41)13-25(32(42)43)35-33(44)46-14-24-22-11-7-5-9-20(22)21-10-6-8-12-23(21)24/h5-12,24-26,28-31H,13-15H2,1-4H3,(H,34,37)(H,35,44)(H,36,41)(H,42,43)/t25-,26+,28-,29+,30-,31+/m0/s1. The molecule has 1 fully saturated rings. The second-order valence-electron chi connectivity index (χ2n) is 11.4. The highest BCUT2D eigenvalue weighted by Crippen LogP contribution is 2.44. The van der Waals surface area contributed by atoms with Gasteiger partial charge in [-0.2, -0.15) is 0 Å². The summed E-state index contributed by atoms with van der Waals surface area (Å²) in [5.41, 5.74) is 3.89. The van der Waals surface area contributed by atoms with Crippen LogP contribution in [-0.4, -0.2) is 96.7 Å². The molecule has 6 atom stereocenters. The van der Waals surface area contributed by atoms with Crippen LogP contribution in [0.2, 0.25) is 0 Å². The van der Waals surface area contributed by atoms with E-state index in [0.717, 1.165) is 49.9 Å². The first kappa shape index (κ1) is 36.3. The summed E-state index contributed by atoms with van der Waals surface area (Å²) < 4.78 is 27.0. The molecule has 16 nitrogen and oxygen atoms in total. The number of fused-ring (bicyclic) bond motifs is 3. The maximum absolute atomic E-state index is 13.2. The molecule has 1 aliphatic carbocycles. The van der Waals surface area contributed by atoms with Crippen LogP contribution in [0.15, 0.2) is 48.5 Å². The molecule has 0 unspecified atom stereocenters. The van der Waals surface area contributed by atoms with Crippen molar-refractivity contribution in [3.05, 3.63) is 59.7 Å². The lowest BCUT2D eigenvalue weighted by molar-refractivity contribution is -0.228. The molecule has 0 aromatic heterocycles. The summed E-state index contributed by atoms with van der Waals surface area (Å²) in [6, 6.07) is 12.2. The van der Waals surface area contributed by atoms with Crippen molar-refractivity contribution in [2.75, 3.05) is 13.2 Å². The van der Waals surface area contributed by atoms with Crippen LogP contribution in [-0.2, 0) is 52.5 Å². The van der Waals surface area contributed by atoms with Crippen molar-refractivity contribution in [2.45, 2.75) is 76.7 Å². The predicted octanol–water partition coefficient (Wildman–Crippen LogP) is 1.14. The molecule has 0 saturated carbocycles. The SMILES string of the molecule is CC(=O)N[C@H]1[C@H](OC(C)=O)[C@H](OC(C)=O)[C@@H](COC(C)=O)O[C@H]1NC(=O)C[C@H](NC(=O)OCC1c2ccccc2-c2ccccc21)C(=O)O. The van der Waals surface area contributed by atoms with Crippen LogP contribution in [0.5, 0.6) is 0 Å². The van der Waals surface area contributed by atoms with Gasteiger partial charge < -0.3 is 44.7 Å². The van der Waals surface area contributed by atoms with Gasteiger partial charge in [-0.3, -0.25) is 24.0 Å². The van der Waals surface area contributed by atoms with Gasteiger partial charge in [0.15, 0.2) is 18.4 Å². The maximum atomic E-state index is 13.2. The van der Waals surface area contributed by atoms with Crippen LogP contribution < -0.4 is 16.0 Å². The molecule has 3 amide bonds. The average Bonchev–Trinajstić information content (AvgIpc) is 3.34. The summed E-state index contributed by atoms with van der Waals surface area (Å²) in [5, 5.41) is 16.9. The first-order valence-corrected chi connectivity index (χ1v) is 15.3. The lowest BCUT2D eigenvalue weighted by atomic mass is 9.95. The first-order valence-electron chi connectivity index (χ1n) is 15.3. The average molecular weight is 684 g/mol. The van der Waals surface area contributed by atoms with Gasteiger partial charge in [-0.15, -0.1) is 0 Å². The fourth-order valence-corrected chi connectivity index (χ4v) is 5.84. The van der Waals surface area contributed by atoms with Crippen molar-refractivity contribution >= 4 is 41.8 Å². The minimum atomic E-state index is -1.76. The quantitative estimate of drug-likeness (QED) is 0.182. The molecule has 49 heavy (non-hydrogen) atoms. The number of carbonyl (C=O) groups excluding carboxylic acids is 6. The molecule has 4 rings (SSSR count). The van der Waals surface area contributed by atoms with E-state index >= 15 is 0 Å².